The van der Waals surface area contributed by atoms with Gasteiger partial charge < -0.3 is 5.73 Å². The number of primary amides is 1. The summed E-state index contributed by atoms with van der Waals surface area (Å²) < 4.78 is 0. The van der Waals surface area contributed by atoms with Crippen molar-refractivity contribution in [3.63, 3.8) is 0 Å². The number of allylic oxidation sites excluding steroid dienone is 1. The molecule has 12 heavy (non-hydrogen) atoms. The Balaban J connectivity index is 3.97. The third-order valence-electron chi connectivity index (χ3n) is 1.54. The molecule has 0 fully saturated rings. The van der Waals surface area contributed by atoms with Crippen molar-refractivity contribution in [2.75, 3.05) is 0 Å². The van der Waals surface area contributed by atoms with Gasteiger partial charge in [-0.25, -0.2) is 0 Å². The number of ketones is 1. The van der Waals surface area contributed by atoms with Crippen molar-refractivity contribution in [3.05, 3.63) is 11.6 Å². The molecule has 0 saturated heterocycles. The van der Waals surface area contributed by atoms with E-state index in [9.17, 15) is 9.59 Å². The highest BCUT2D eigenvalue weighted by Crippen LogP contribution is 1.99. The summed E-state index contributed by atoms with van der Waals surface area (Å²) in [6.07, 6.45) is 3.66. The zero-order valence-electron chi connectivity index (χ0n) is 7.59. The van der Waals surface area contributed by atoms with Crippen LogP contribution in [0.15, 0.2) is 11.6 Å². The molecule has 0 aliphatic carbocycles. The van der Waals surface area contributed by atoms with Gasteiger partial charge in [0.1, 0.15) is 0 Å². The van der Waals surface area contributed by atoms with E-state index in [1.54, 1.807) is 6.92 Å². The molecule has 1 amide bonds. The Bertz CT molecular complexity index is 207. The molecule has 0 atom stereocenters. The van der Waals surface area contributed by atoms with Crippen LogP contribution in [0.1, 0.15) is 33.1 Å². The molecule has 68 valence electrons. The molecule has 0 aromatic rings. The zero-order chi connectivity index (χ0) is 9.56. The van der Waals surface area contributed by atoms with E-state index in [-0.39, 0.29) is 5.78 Å². The molecule has 0 spiro atoms. The molecule has 2 N–H and O–H groups in total. The minimum absolute atomic E-state index is 0.0202. The normalized spacial score (nSPS) is 11.3. The van der Waals surface area contributed by atoms with Gasteiger partial charge in [-0.1, -0.05) is 13.3 Å². The summed E-state index contributed by atoms with van der Waals surface area (Å²) in [4.78, 5) is 21.5. The number of nitrogens with two attached hydrogens (primary N) is 1. The second-order valence-corrected chi connectivity index (χ2v) is 2.76. The fourth-order valence-corrected chi connectivity index (χ4v) is 0.736. The van der Waals surface area contributed by atoms with Crippen molar-refractivity contribution in [2.45, 2.75) is 33.1 Å². The van der Waals surface area contributed by atoms with Crippen LogP contribution in [-0.2, 0) is 9.59 Å². The predicted octanol–water partition coefficient (Wildman–Crippen LogP) is 1.18. The minimum Gasteiger partial charge on any atom is -0.366 e. The zero-order valence-corrected chi connectivity index (χ0v) is 7.59. The highest BCUT2D eigenvalue weighted by molar-refractivity contribution is 6.00. The first kappa shape index (κ1) is 10.9. The van der Waals surface area contributed by atoms with Crippen molar-refractivity contribution < 1.29 is 9.59 Å². The predicted molar refractivity (Wildman–Crippen MR) is 47.5 cm³/mol. The fourth-order valence-electron chi connectivity index (χ4n) is 0.736. The van der Waals surface area contributed by atoms with Crippen molar-refractivity contribution >= 4 is 11.7 Å². The summed E-state index contributed by atoms with van der Waals surface area (Å²) in [5.74, 6) is -0.548. The van der Waals surface area contributed by atoms with Crippen LogP contribution in [-0.4, -0.2) is 11.7 Å². The summed E-state index contributed by atoms with van der Waals surface area (Å²) >= 11 is 0. The number of amides is 1. The van der Waals surface area contributed by atoms with E-state index in [1.807, 2.05) is 6.92 Å². The smallest absolute Gasteiger partial charge is 0.244 e. The molecule has 0 bridgehead atoms. The van der Waals surface area contributed by atoms with Gasteiger partial charge in [-0.15, -0.1) is 0 Å². The molecule has 3 heteroatoms. The lowest BCUT2D eigenvalue weighted by molar-refractivity contribution is -0.117. The Morgan fingerprint density at radius 3 is 2.42 bits per heavy atom. The number of hydrogen-bond acceptors (Lipinski definition) is 2. The largest absolute Gasteiger partial charge is 0.366 e. The van der Waals surface area contributed by atoms with Crippen LogP contribution in [0.4, 0.5) is 0 Å². The molecular formula is C9H15NO2. The molecule has 0 unspecified atom stereocenters. The van der Waals surface area contributed by atoms with E-state index in [0.717, 1.165) is 12.8 Å². The number of carbonyl (C=O) groups is 2. The first-order valence-corrected chi connectivity index (χ1v) is 4.08. The van der Waals surface area contributed by atoms with Crippen molar-refractivity contribution in [2.24, 2.45) is 5.73 Å². The van der Waals surface area contributed by atoms with Gasteiger partial charge in [0.15, 0.2) is 5.78 Å². The van der Waals surface area contributed by atoms with Crippen LogP contribution in [0, 0.1) is 0 Å². The summed E-state index contributed by atoms with van der Waals surface area (Å²) in [6.45, 7) is 3.56. The van der Waals surface area contributed by atoms with Crippen LogP contribution in [0.3, 0.4) is 0 Å². The lowest BCUT2D eigenvalue weighted by atomic mass is 10.1. The average molecular weight is 169 g/mol. The highest BCUT2D eigenvalue weighted by Gasteiger charge is 2.01. The second-order valence-electron chi connectivity index (χ2n) is 2.76. The van der Waals surface area contributed by atoms with Gasteiger partial charge in [0.25, 0.3) is 0 Å². The molecule has 3 nitrogen and oxygen atoms in total. The lowest BCUT2D eigenvalue weighted by Crippen LogP contribution is -2.12. The number of unbranched alkanes of at least 4 members (excludes halogenated alkanes) is 1. The molecule has 0 rings (SSSR count). The molecular weight excluding hydrogens is 154 g/mol. The van der Waals surface area contributed by atoms with E-state index in [2.05, 4.69) is 0 Å². The maximum Gasteiger partial charge on any atom is 0.244 e. The average Bonchev–Trinajstić information content (AvgIpc) is 2.00. The molecule has 0 saturated carbocycles. The van der Waals surface area contributed by atoms with Gasteiger partial charge in [0, 0.05) is 12.0 Å². The summed E-state index contributed by atoms with van der Waals surface area (Å²) in [6, 6.07) is 0. The molecule has 0 aliphatic rings. The van der Waals surface area contributed by atoms with E-state index < -0.39 is 5.91 Å². The first-order valence-electron chi connectivity index (χ1n) is 4.08. The molecule has 0 aliphatic heterocycles. The Hall–Kier alpha value is -1.12. The second kappa shape index (κ2) is 5.52. The van der Waals surface area contributed by atoms with Crippen LogP contribution in [0.2, 0.25) is 0 Å². The van der Waals surface area contributed by atoms with Gasteiger partial charge in [0.2, 0.25) is 5.91 Å². The van der Waals surface area contributed by atoms with Gasteiger partial charge in [-0.05, 0) is 19.4 Å². The lowest BCUT2D eigenvalue weighted by Gasteiger charge is -1.94. The summed E-state index contributed by atoms with van der Waals surface area (Å²) in [5, 5.41) is 0. The minimum atomic E-state index is -0.528. The van der Waals surface area contributed by atoms with Crippen LogP contribution >= 0.6 is 0 Å². The number of carbonyl (C=O) groups excluding carboxylic acids is 2. The fraction of sp³-hybridized carbons (Fsp3) is 0.556. The highest BCUT2D eigenvalue weighted by atomic mass is 16.1. The van der Waals surface area contributed by atoms with Gasteiger partial charge >= 0.3 is 0 Å². The van der Waals surface area contributed by atoms with E-state index >= 15 is 0 Å². The summed E-state index contributed by atoms with van der Waals surface area (Å²) in [5.41, 5.74) is 5.28. The molecule has 0 radical (unpaired) electrons. The Labute approximate surface area is 72.6 Å². The Morgan fingerprint density at radius 2 is 2.00 bits per heavy atom. The van der Waals surface area contributed by atoms with Gasteiger partial charge in [-0.3, -0.25) is 9.59 Å². The van der Waals surface area contributed by atoms with E-state index in [4.69, 9.17) is 5.73 Å². The standard InChI is InChI=1S/C9H15NO2/c1-3-4-5-8(11)6-7(2)9(10)12/h6H,3-5H2,1-2H3,(H2,10,12). The quantitative estimate of drug-likeness (QED) is 0.628. The van der Waals surface area contributed by atoms with Crippen LogP contribution in [0.5, 0.6) is 0 Å². The topological polar surface area (TPSA) is 60.2 Å². The Morgan fingerprint density at radius 1 is 1.42 bits per heavy atom. The van der Waals surface area contributed by atoms with Gasteiger partial charge in [0.05, 0.1) is 0 Å². The third kappa shape index (κ3) is 4.66. The van der Waals surface area contributed by atoms with Crippen LogP contribution in [0.25, 0.3) is 0 Å². The summed E-state index contributed by atoms with van der Waals surface area (Å²) in [7, 11) is 0. The van der Waals surface area contributed by atoms with E-state index in [1.165, 1.54) is 6.08 Å². The van der Waals surface area contributed by atoms with Crippen molar-refractivity contribution in [3.8, 4) is 0 Å². The first-order chi connectivity index (χ1) is 5.57. The maximum absolute atomic E-state index is 11.0. The van der Waals surface area contributed by atoms with E-state index in [0.29, 0.717) is 12.0 Å². The Kier molecular flexibility index (Phi) is 5.00. The monoisotopic (exact) mass is 169 g/mol. The third-order valence-corrected chi connectivity index (χ3v) is 1.54. The van der Waals surface area contributed by atoms with Gasteiger partial charge in [-0.2, -0.15) is 0 Å². The molecule has 0 aromatic heterocycles. The number of hydrogen-bond donors (Lipinski definition) is 1. The number of rotatable bonds is 5. The SMILES string of the molecule is CCCCC(=O)C=C(C)C(N)=O. The van der Waals surface area contributed by atoms with Crippen molar-refractivity contribution in [1.82, 2.24) is 0 Å². The van der Waals surface area contributed by atoms with Crippen molar-refractivity contribution in [1.29, 1.82) is 0 Å². The van der Waals surface area contributed by atoms with Crippen LogP contribution < -0.4 is 5.73 Å². The molecule has 0 aromatic carbocycles. The maximum atomic E-state index is 11.0. The molecule has 0 heterocycles.